The normalized spacial score (nSPS) is 19.6. The smallest absolute Gasteiger partial charge is 0.0857 e. The highest BCUT2D eigenvalue weighted by Crippen LogP contribution is 2.34. The lowest BCUT2D eigenvalue weighted by Crippen LogP contribution is -2.32. The fourth-order valence-electron chi connectivity index (χ4n) is 2.51. The van der Waals surface area contributed by atoms with Crippen LogP contribution in [0.3, 0.4) is 0 Å². The molecule has 108 valence electrons. The molecule has 1 aliphatic heterocycles. The van der Waals surface area contributed by atoms with Crippen LogP contribution in [0.25, 0.3) is 0 Å². The second kappa shape index (κ2) is 6.26. The second-order valence-electron chi connectivity index (χ2n) is 6.25. The van der Waals surface area contributed by atoms with E-state index < -0.39 is 0 Å². The first-order valence-corrected chi connectivity index (χ1v) is 7.66. The Labute approximate surface area is 119 Å². The number of nitrogens with one attached hydrogen (secondary N) is 1. The van der Waals surface area contributed by atoms with Gasteiger partial charge in [0.2, 0.25) is 0 Å². The number of rotatable bonds is 4. The van der Waals surface area contributed by atoms with E-state index in [0.717, 1.165) is 38.2 Å². The Morgan fingerprint density at radius 1 is 1.42 bits per heavy atom. The molecule has 0 amide bonds. The van der Waals surface area contributed by atoms with Gasteiger partial charge >= 0.3 is 0 Å². The van der Waals surface area contributed by atoms with Crippen molar-refractivity contribution in [2.24, 2.45) is 11.8 Å². The van der Waals surface area contributed by atoms with E-state index in [9.17, 15) is 0 Å². The van der Waals surface area contributed by atoms with Gasteiger partial charge < -0.3 is 4.74 Å². The summed E-state index contributed by atoms with van der Waals surface area (Å²) in [5.74, 6) is 6.43. The molecule has 1 atom stereocenters. The molecule has 19 heavy (non-hydrogen) atoms. The van der Waals surface area contributed by atoms with E-state index >= 15 is 0 Å². The van der Waals surface area contributed by atoms with Gasteiger partial charge in [0.15, 0.2) is 0 Å². The molecule has 5 nitrogen and oxygen atoms in total. The first-order chi connectivity index (χ1) is 9.02. The van der Waals surface area contributed by atoms with Crippen LogP contribution in [0.2, 0.25) is 0 Å². The SMILES string of the molecule is CC(C)(C)c1nnsc1C(CC1CCOCC1)NN. The maximum Gasteiger partial charge on any atom is 0.0857 e. The molecular formula is C13H24N4OS. The maximum absolute atomic E-state index is 5.76. The summed E-state index contributed by atoms with van der Waals surface area (Å²) in [4.78, 5) is 1.18. The van der Waals surface area contributed by atoms with Crippen molar-refractivity contribution in [2.75, 3.05) is 13.2 Å². The molecule has 0 aliphatic carbocycles. The number of nitrogens with two attached hydrogens (primary N) is 1. The van der Waals surface area contributed by atoms with Crippen molar-refractivity contribution < 1.29 is 4.74 Å². The predicted octanol–water partition coefficient (Wildman–Crippen LogP) is 2.16. The number of aromatic nitrogens is 2. The van der Waals surface area contributed by atoms with Crippen molar-refractivity contribution in [3.05, 3.63) is 10.6 Å². The van der Waals surface area contributed by atoms with E-state index in [-0.39, 0.29) is 11.5 Å². The Hall–Kier alpha value is -0.560. The molecular weight excluding hydrogens is 260 g/mol. The number of ether oxygens (including phenoxy) is 1. The minimum atomic E-state index is 0.00705. The molecule has 1 aromatic heterocycles. The highest BCUT2D eigenvalue weighted by molar-refractivity contribution is 7.05. The lowest BCUT2D eigenvalue weighted by atomic mass is 9.87. The standard InChI is InChI=1S/C13H24N4OS/c1-13(2,3)12-11(19-17-16-12)10(15-14)8-9-4-6-18-7-5-9/h9-10,15H,4-8,14H2,1-3H3. The van der Waals surface area contributed by atoms with Crippen molar-refractivity contribution >= 4 is 11.5 Å². The minimum absolute atomic E-state index is 0.00705. The summed E-state index contributed by atoms with van der Waals surface area (Å²) in [6, 6.07) is 0.150. The van der Waals surface area contributed by atoms with Gasteiger partial charge in [0, 0.05) is 18.6 Å². The van der Waals surface area contributed by atoms with Gasteiger partial charge in [-0.15, -0.1) is 5.10 Å². The molecule has 0 saturated carbocycles. The second-order valence-corrected chi connectivity index (χ2v) is 7.03. The zero-order valence-corrected chi connectivity index (χ0v) is 12.8. The zero-order chi connectivity index (χ0) is 13.9. The van der Waals surface area contributed by atoms with Crippen LogP contribution >= 0.6 is 11.5 Å². The summed E-state index contributed by atoms with van der Waals surface area (Å²) in [6.45, 7) is 8.23. The van der Waals surface area contributed by atoms with E-state index in [0.29, 0.717) is 5.92 Å². The summed E-state index contributed by atoms with van der Waals surface area (Å²) >= 11 is 1.46. The van der Waals surface area contributed by atoms with Crippen molar-refractivity contribution in [1.82, 2.24) is 15.0 Å². The van der Waals surface area contributed by atoms with E-state index in [2.05, 4.69) is 35.8 Å². The quantitative estimate of drug-likeness (QED) is 0.655. The van der Waals surface area contributed by atoms with E-state index in [1.165, 1.54) is 16.4 Å². The summed E-state index contributed by atoms with van der Waals surface area (Å²) in [5.41, 5.74) is 4.02. The largest absolute Gasteiger partial charge is 0.381 e. The molecule has 0 bridgehead atoms. The highest BCUT2D eigenvalue weighted by Gasteiger charge is 2.28. The lowest BCUT2D eigenvalue weighted by molar-refractivity contribution is 0.0605. The minimum Gasteiger partial charge on any atom is -0.381 e. The highest BCUT2D eigenvalue weighted by atomic mass is 32.1. The Bertz CT molecular complexity index is 396. The molecule has 1 saturated heterocycles. The molecule has 1 aliphatic rings. The molecule has 0 spiro atoms. The molecule has 1 unspecified atom stereocenters. The summed E-state index contributed by atoms with van der Waals surface area (Å²) in [7, 11) is 0. The van der Waals surface area contributed by atoms with Crippen LogP contribution < -0.4 is 11.3 Å². The molecule has 3 N–H and O–H groups in total. The van der Waals surface area contributed by atoms with Crippen molar-refractivity contribution in [1.29, 1.82) is 0 Å². The molecule has 0 radical (unpaired) electrons. The first-order valence-electron chi connectivity index (χ1n) is 6.89. The van der Waals surface area contributed by atoms with Gasteiger partial charge in [0.05, 0.1) is 16.6 Å². The van der Waals surface area contributed by atoms with Crippen molar-refractivity contribution in [3.8, 4) is 0 Å². The number of hydrogen-bond donors (Lipinski definition) is 2. The first kappa shape index (κ1) is 14.8. The van der Waals surface area contributed by atoms with Gasteiger partial charge in [-0.1, -0.05) is 25.3 Å². The van der Waals surface area contributed by atoms with Gasteiger partial charge in [-0.3, -0.25) is 11.3 Å². The average Bonchev–Trinajstić information content (AvgIpc) is 2.86. The molecule has 1 fully saturated rings. The fourth-order valence-corrected chi connectivity index (χ4v) is 3.45. The monoisotopic (exact) mass is 284 g/mol. The molecule has 6 heteroatoms. The zero-order valence-electron chi connectivity index (χ0n) is 12.0. The van der Waals surface area contributed by atoms with Crippen molar-refractivity contribution in [3.63, 3.8) is 0 Å². The summed E-state index contributed by atoms with van der Waals surface area (Å²) in [5, 5.41) is 4.30. The number of hydrogen-bond acceptors (Lipinski definition) is 6. The molecule has 2 heterocycles. The lowest BCUT2D eigenvalue weighted by Gasteiger charge is -2.27. The van der Waals surface area contributed by atoms with E-state index in [1.807, 2.05) is 0 Å². The van der Waals surface area contributed by atoms with Crippen LogP contribution in [0.15, 0.2) is 0 Å². The Kier molecular flexibility index (Phi) is 4.89. The van der Waals surface area contributed by atoms with Crippen LogP contribution in [0, 0.1) is 5.92 Å². The van der Waals surface area contributed by atoms with E-state index in [4.69, 9.17) is 10.6 Å². The average molecular weight is 284 g/mol. The maximum atomic E-state index is 5.76. The van der Waals surface area contributed by atoms with E-state index in [1.54, 1.807) is 0 Å². The summed E-state index contributed by atoms with van der Waals surface area (Å²) < 4.78 is 9.53. The molecule has 1 aromatic rings. The molecule has 0 aromatic carbocycles. The van der Waals surface area contributed by atoms with Crippen LogP contribution in [0.5, 0.6) is 0 Å². The van der Waals surface area contributed by atoms with Gasteiger partial charge in [0.25, 0.3) is 0 Å². The predicted molar refractivity (Wildman–Crippen MR) is 76.8 cm³/mol. The summed E-state index contributed by atoms with van der Waals surface area (Å²) in [6.07, 6.45) is 3.28. The molecule has 2 rings (SSSR count). The Morgan fingerprint density at radius 3 is 2.68 bits per heavy atom. The third-order valence-corrected chi connectivity index (χ3v) is 4.49. The van der Waals surface area contributed by atoms with Gasteiger partial charge in [-0.25, -0.2) is 0 Å². The van der Waals surface area contributed by atoms with Gasteiger partial charge in [-0.05, 0) is 36.7 Å². The van der Waals surface area contributed by atoms with Crippen LogP contribution in [0.1, 0.15) is 56.6 Å². The number of hydrazine groups is 1. The fraction of sp³-hybridized carbons (Fsp3) is 0.846. The van der Waals surface area contributed by atoms with Crippen LogP contribution in [-0.4, -0.2) is 22.8 Å². The third kappa shape index (κ3) is 3.72. The van der Waals surface area contributed by atoms with Gasteiger partial charge in [-0.2, -0.15) is 0 Å². The number of nitrogens with zero attached hydrogens (tertiary/aromatic N) is 2. The Morgan fingerprint density at radius 2 is 2.11 bits per heavy atom. The third-order valence-electron chi connectivity index (χ3n) is 3.65. The topological polar surface area (TPSA) is 73.1 Å². The Balaban J connectivity index is 2.11. The van der Waals surface area contributed by atoms with Crippen LogP contribution in [0.4, 0.5) is 0 Å². The van der Waals surface area contributed by atoms with Crippen molar-refractivity contribution in [2.45, 2.75) is 51.5 Å². The van der Waals surface area contributed by atoms with Crippen LogP contribution in [-0.2, 0) is 10.2 Å². The van der Waals surface area contributed by atoms with Gasteiger partial charge in [0.1, 0.15) is 0 Å².